The fourth-order valence-electron chi connectivity index (χ4n) is 5.76. The number of carbonyl (C=O) groups excluding carboxylic acids is 4. The van der Waals surface area contributed by atoms with Crippen molar-refractivity contribution in [3.63, 3.8) is 0 Å². The maximum atomic E-state index is 13.2. The molecule has 0 aromatic heterocycles. The van der Waals surface area contributed by atoms with Gasteiger partial charge in [0.05, 0.1) is 112 Å². The number of amides is 1. The number of carboxylic acids is 1. The Morgan fingerprint density at radius 2 is 0.667 bits per heavy atom. The maximum Gasteiger partial charge on any atom is 0.320 e. The van der Waals surface area contributed by atoms with Crippen molar-refractivity contribution in [1.82, 2.24) is 24.9 Å². The van der Waals surface area contributed by atoms with E-state index in [1.54, 1.807) is 0 Å². The lowest BCUT2D eigenvalue weighted by Gasteiger charge is -2.34. The highest BCUT2D eigenvalue weighted by Crippen LogP contribution is 2.11. The minimum atomic E-state index is -0.894. The molecule has 1 heterocycles. The molecule has 2 N–H and O–H groups in total. The third-order valence-electron chi connectivity index (χ3n) is 8.50. The van der Waals surface area contributed by atoms with Crippen molar-refractivity contribution in [2.45, 2.75) is 85.5 Å². The Hall–Kier alpha value is -3.05. The zero-order valence-corrected chi connectivity index (χ0v) is 39.8. The van der Waals surface area contributed by atoms with Gasteiger partial charge < -0.3 is 53.1 Å². The molecule has 20 heteroatoms. The van der Waals surface area contributed by atoms with Crippen molar-refractivity contribution in [3.05, 3.63) is 0 Å². The highest BCUT2D eigenvalue weighted by Gasteiger charge is 2.26. The minimum absolute atomic E-state index is 0.0275. The van der Waals surface area contributed by atoms with Crippen molar-refractivity contribution >= 4 is 29.8 Å². The number of rotatable bonds is 29. The summed E-state index contributed by atoms with van der Waals surface area (Å²) in [6.45, 7) is 24.9. The molecule has 1 saturated heterocycles. The summed E-state index contributed by atoms with van der Waals surface area (Å²) in [6, 6.07) is 0. The molecule has 63 heavy (non-hydrogen) atoms. The fourth-order valence-corrected chi connectivity index (χ4v) is 5.76. The van der Waals surface area contributed by atoms with Crippen LogP contribution in [0.4, 0.5) is 0 Å². The number of hydrogen-bond acceptors (Lipinski definition) is 18. The third kappa shape index (κ3) is 36.9. The number of carbonyl (C=O) groups is 5. The number of nitrogens with zero attached hydrogens (tertiary/aromatic N) is 4. The van der Waals surface area contributed by atoms with Crippen LogP contribution >= 0.6 is 0 Å². The van der Waals surface area contributed by atoms with Gasteiger partial charge in [-0.3, -0.25) is 43.6 Å². The summed E-state index contributed by atoms with van der Waals surface area (Å²) in [5, 5.41) is 11.5. The third-order valence-corrected chi connectivity index (χ3v) is 8.50. The molecule has 0 aromatic rings. The number of esters is 3. The van der Waals surface area contributed by atoms with Gasteiger partial charge in [0.15, 0.2) is 0 Å². The predicted octanol–water partition coefficient (Wildman–Crippen LogP) is 0.924. The van der Waals surface area contributed by atoms with Crippen LogP contribution < -0.4 is 5.32 Å². The number of carboxylic acid groups (broad SMARTS) is 1. The molecule has 0 radical (unpaired) electrons. The number of ether oxygens (including phenoxy) is 9. The first-order valence-electron chi connectivity index (χ1n) is 22.1. The zero-order valence-electron chi connectivity index (χ0n) is 39.8. The maximum absolute atomic E-state index is 13.2. The van der Waals surface area contributed by atoms with Crippen LogP contribution in [0.1, 0.15) is 68.7 Å². The van der Waals surface area contributed by atoms with E-state index in [9.17, 15) is 24.0 Å². The van der Waals surface area contributed by atoms with E-state index < -0.39 is 22.8 Å². The fraction of sp³-hybridized carbons (Fsp3) is 0.884. The van der Waals surface area contributed by atoms with Crippen LogP contribution in [0.15, 0.2) is 0 Å². The van der Waals surface area contributed by atoms with Gasteiger partial charge in [-0.25, -0.2) is 0 Å². The molecule has 1 fully saturated rings. The van der Waals surface area contributed by atoms with Gasteiger partial charge in [0, 0.05) is 58.9 Å². The average molecular weight is 908 g/mol. The van der Waals surface area contributed by atoms with Gasteiger partial charge in [0.2, 0.25) is 5.91 Å². The van der Waals surface area contributed by atoms with Gasteiger partial charge in [-0.05, 0) is 62.3 Å². The molecule has 1 rings (SSSR count). The van der Waals surface area contributed by atoms with Gasteiger partial charge >= 0.3 is 23.9 Å². The Kier molecular flexibility index (Phi) is 30.0. The van der Waals surface area contributed by atoms with Crippen molar-refractivity contribution < 1.29 is 71.7 Å². The van der Waals surface area contributed by atoms with Gasteiger partial charge in [-0.15, -0.1) is 0 Å². The summed E-state index contributed by atoms with van der Waals surface area (Å²) in [7, 11) is 0. The summed E-state index contributed by atoms with van der Waals surface area (Å²) < 4.78 is 49.5. The Balaban J connectivity index is 2.60. The lowest BCUT2D eigenvalue weighted by Crippen LogP contribution is -2.50. The lowest BCUT2D eigenvalue weighted by molar-refractivity contribution is -0.158. The monoisotopic (exact) mass is 908 g/mol. The zero-order chi connectivity index (χ0) is 47.2. The van der Waals surface area contributed by atoms with Gasteiger partial charge in [-0.2, -0.15) is 0 Å². The molecule has 0 aromatic carbocycles. The predicted molar refractivity (Wildman–Crippen MR) is 233 cm³/mol. The summed E-state index contributed by atoms with van der Waals surface area (Å²) in [4.78, 5) is 70.4. The van der Waals surface area contributed by atoms with E-state index in [1.165, 1.54) is 0 Å². The molecule has 1 aliphatic rings. The van der Waals surface area contributed by atoms with Crippen LogP contribution in [0.2, 0.25) is 0 Å². The quantitative estimate of drug-likeness (QED) is 0.0607. The molecule has 0 bridgehead atoms. The van der Waals surface area contributed by atoms with Crippen LogP contribution in [0, 0.1) is 0 Å². The standard InChI is InChI=1S/C43H81N5O15/c1-41(2,3)61-38(52)33-46-14-12-45(13-15-47(34-39(53)62-42(4,5)6)17-19-48(18-16-46)35-40(54)63-43(7,8)9)32-36(49)44-11-21-56-23-25-58-27-29-60-31-30-59-28-26-57-24-22-55-20-10-37(50)51/h10-35H2,1-9H3,(H,44,49)(H,50,51). The molecule has 1 amide bonds. The van der Waals surface area contributed by atoms with E-state index in [-0.39, 0.29) is 63.0 Å². The van der Waals surface area contributed by atoms with Crippen LogP contribution in [-0.2, 0) is 66.6 Å². The molecule has 0 unspecified atom stereocenters. The van der Waals surface area contributed by atoms with Crippen molar-refractivity contribution in [1.29, 1.82) is 0 Å². The largest absolute Gasteiger partial charge is 0.481 e. The highest BCUT2D eigenvalue weighted by atomic mass is 16.6. The van der Waals surface area contributed by atoms with Crippen LogP contribution in [0.25, 0.3) is 0 Å². The first-order chi connectivity index (χ1) is 29.6. The van der Waals surface area contributed by atoms with E-state index in [1.807, 2.05) is 81.9 Å². The number of aliphatic carboxylic acids is 1. The first kappa shape index (κ1) is 58.0. The van der Waals surface area contributed by atoms with E-state index in [0.29, 0.717) is 132 Å². The molecule has 0 aliphatic carbocycles. The Morgan fingerprint density at radius 1 is 0.413 bits per heavy atom. The molecule has 20 nitrogen and oxygen atoms in total. The summed E-state index contributed by atoms with van der Waals surface area (Å²) in [5.41, 5.74) is -1.95. The second-order valence-corrected chi connectivity index (χ2v) is 18.0. The summed E-state index contributed by atoms with van der Waals surface area (Å²) in [6.07, 6.45) is -0.0275. The Morgan fingerprint density at radius 3 is 0.937 bits per heavy atom. The second kappa shape index (κ2) is 32.6. The van der Waals surface area contributed by atoms with Crippen LogP contribution in [0.3, 0.4) is 0 Å². The van der Waals surface area contributed by atoms with Crippen LogP contribution in [0.5, 0.6) is 0 Å². The van der Waals surface area contributed by atoms with Crippen molar-refractivity contribution in [3.8, 4) is 0 Å². The molecule has 0 saturated carbocycles. The first-order valence-corrected chi connectivity index (χ1v) is 22.1. The second-order valence-electron chi connectivity index (χ2n) is 18.0. The minimum Gasteiger partial charge on any atom is -0.481 e. The Labute approximate surface area is 375 Å². The molecule has 0 atom stereocenters. The summed E-state index contributed by atoms with van der Waals surface area (Å²) in [5.74, 6) is -2.17. The number of nitrogens with one attached hydrogen (secondary N) is 1. The van der Waals surface area contributed by atoms with Gasteiger partial charge in [-0.1, -0.05) is 0 Å². The SMILES string of the molecule is CC(C)(C)OC(=O)CN1CCN(CC(=O)NCCOCCOCCOCCOCCOCCOCCC(=O)O)CCN(CC(=O)OC(C)(C)C)CCN(CC(=O)OC(C)(C)C)CC1. The molecular weight excluding hydrogens is 826 g/mol. The average Bonchev–Trinajstić information content (AvgIpc) is 3.14. The highest BCUT2D eigenvalue weighted by molar-refractivity contribution is 5.78. The topological polar surface area (TPSA) is 214 Å². The van der Waals surface area contributed by atoms with E-state index in [0.717, 1.165) is 0 Å². The molecular formula is C43H81N5O15. The van der Waals surface area contributed by atoms with Gasteiger partial charge in [0.1, 0.15) is 16.8 Å². The molecule has 1 aliphatic heterocycles. The molecule has 0 spiro atoms. The van der Waals surface area contributed by atoms with E-state index in [2.05, 4.69) is 5.32 Å². The van der Waals surface area contributed by atoms with Gasteiger partial charge in [0.25, 0.3) is 0 Å². The normalized spacial score (nSPS) is 15.9. The van der Waals surface area contributed by atoms with E-state index in [4.69, 9.17) is 47.7 Å². The Bertz CT molecular complexity index is 1240. The van der Waals surface area contributed by atoms with Crippen molar-refractivity contribution in [2.24, 2.45) is 0 Å². The summed E-state index contributed by atoms with van der Waals surface area (Å²) >= 11 is 0. The lowest BCUT2D eigenvalue weighted by atomic mass is 10.2. The van der Waals surface area contributed by atoms with Crippen LogP contribution in [-0.4, -0.2) is 236 Å². The smallest absolute Gasteiger partial charge is 0.320 e. The number of hydrogen-bond donors (Lipinski definition) is 2. The molecule has 368 valence electrons. The van der Waals surface area contributed by atoms with E-state index >= 15 is 0 Å². The van der Waals surface area contributed by atoms with Crippen molar-refractivity contribution in [2.75, 3.05) is 164 Å².